The zero-order valence-corrected chi connectivity index (χ0v) is 15.2. The Morgan fingerprint density at radius 2 is 2.07 bits per heavy atom. The van der Waals surface area contributed by atoms with Gasteiger partial charge in [0, 0.05) is 22.9 Å². The van der Waals surface area contributed by atoms with E-state index in [2.05, 4.69) is 15.0 Å². The zero-order chi connectivity index (χ0) is 21.3. The number of hydrogen-bond acceptors (Lipinski definition) is 7. The molecule has 0 fully saturated rings. The molecule has 0 aliphatic carbocycles. The van der Waals surface area contributed by atoms with Gasteiger partial charge in [-0.2, -0.15) is 13.2 Å². The number of nitrogens with zero attached hydrogens (tertiary/aromatic N) is 5. The Bertz CT molecular complexity index is 1050. The molecule has 0 aromatic carbocycles. The molecule has 0 N–H and O–H groups in total. The molecule has 12 heteroatoms. The monoisotopic (exact) mass is 421 g/mol. The molecule has 1 atom stereocenters. The topological polar surface area (TPSA) is 105 Å². The molecule has 0 spiro atoms. The zero-order valence-electron chi connectivity index (χ0n) is 15.2. The van der Waals surface area contributed by atoms with Crippen molar-refractivity contribution in [1.29, 1.82) is 0 Å². The molecule has 1 aliphatic rings. The lowest BCUT2D eigenvalue weighted by Crippen LogP contribution is -2.32. The maximum absolute atomic E-state index is 12.6. The molecular weight excluding hydrogens is 407 g/mol. The third-order valence-electron chi connectivity index (χ3n) is 4.39. The van der Waals surface area contributed by atoms with Crippen molar-refractivity contribution < 1.29 is 27.6 Å². The van der Waals surface area contributed by atoms with Gasteiger partial charge in [-0.1, -0.05) is 0 Å². The van der Waals surface area contributed by atoms with E-state index < -0.39 is 16.7 Å². The van der Waals surface area contributed by atoms with Gasteiger partial charge in [-0.05, 0) is 29.2 Å². The molecule has 30 heavy (non-hydrogen) atoms. The molecular formula is C18H14F3N5O4. The van der Waals surface area contributed by atoms with E-state index in [9.17, 15) is 23.3 Å². The van der Waals surface area contributed by atoms with E-state index in [0.717, 1.165) is 12.3 Å². The predicted octanol–water partition coefficient (Wildman–Crippen LogP) is 3.24. The largest absolute Gasteiger partial charge is 0.443 e. The second-order valence-corrected chi connectivity index (χ2v) is 6.50. The second-order valence-electron chi connectivity index (χ2n) is 6.50. The maximum Gasteiger partial charge on any atom is 0.417 e. The van der Waals surface area contributed by atoms with Crippen LogP contribution in [-0.4, -0.2) is 37.2 Å². The third kappa shape index (κ3) is 4.22. The molecule has 1 aliphatic heterocycles. The predicted molar refractivity (Wildman–Crippen MR) is 95.4 cm³/mol. The van der Waals surface area contributed by atoms with Crippen LogP contribution in [0.2, 0.25) is 0 Å². The van der Waals surface area contributed by atoms with Crippen molar-refractivity contribution in [2.45, 2.75) is 25.4 Å². The van der Waals surface area contributed by atoms with Crippen molar-refractivity contribution in [3.05, 3.63) is 64.2 Å². The highest BCUT2D eigenvalue weighted by atomic mass is 19.4. The molecule has 4 heterocycles. The summed E-state index contributed by atoms with van der Waals surface area (Å²) in [5.74, 6) is -0.292. The van der Waals surface area contributed by atoms with Crippen LogP contribution in [0, 0.1) is 10.1 Å². The lowest BCUT2D eigenvalue weighted by Gasteiger charge is -2.22. The van der Waals surface area contributed by atoms with Gasteiger partial charge >= 0.3 is 18.0 Å². The first kappa shape index (κ1) is 19.8. The van der Waals surface area contributed by atoms with Crippen molar-refractivity contribution in [3.8, 4) is 17.3 Å². The van der Waals surface area contributed by atoms with Crippen molar-refractivity contribution in [2.24, 2.45) is 0 Å². The Morgan fingerprint density at radius 1 is 1.23 bits per heavy atom. The van der Waals surface area contributed by atoms with Gasteiger partial charge in [-0.25, -0.2) is 0 Å². The van der Waals surface area contributed by atoms with Crippen LogP contribution >= 0.6 is 0 Å². The van der Waals surface area contributed by atoms with E-state index in [1.165, 1.54) is 23.0 Å². The fraction of sp³-hybridized carbons (Fsp3) is 0.278. The molecule has 0 unspecified atom stereocenters. The van der Waals surface area contributed by atoms with Gasteiger partial charge < -0.3 is 19.6 Å². The van der Waals surface area contributed by atoms with Crippen LogP contribution in [0.25, 0.3) is 11.3 Å². The highest BCUT2D eigenvalue weighted by Crippen LogP contribution is 2.29. The quantitative estimate of drug-likeness (QED) is 0.460. The Labute approximate surface area is 167 Å². The van der Waals surface area contributed by atoms with E-state index >= 15 is 0 Å². The molecule has 156 valence electrons. The molecule has 9 nitrogen and oxygen atoms in total. The Hall–Kier alpha value is -3.54. The van der Waals surface area contributed by atoms with Gasteiger partial charge in [0.2, 0.25) is 0 Å². The number of pyridine rings is 2. The van der Waals surface area contributed by atoms with E-state index in [1.807, 2.05) is 0 Å². The first-order valence-corrected chi connectivity index (χ1v) is 8.74. The molecule has 4 rings (SSSR count). The number of hydrogen-bond donors (Lipinski definition) is 0. The summed E-state index contributed by atoms with van der Waals surface area (Å²) in [6, 6.07) is 5.81. The average molecular weight is 421 g/mol. The van der Waals surface area contributed by atoms with E-state index in [0.29, 0.717) is 23.5 Å². The number of halogens is 3. The first-order chi connectivity index (χ1) is 14.3. The van der Waals surface area contributed by atoms with Crippen molar-refractivity contribution in [3.63, 3.8) is 0 Å². The molecule has 0 bridgehead atoms. The SMILES string of the molecule is O=[N+]([O-])c1cn2c(n1)OC[C@@H](OCc1ccc(-c3ccc(C(F)(F)F)cn3)cn1)C2. The lowest BCUT2D eigenvalue weighted by atomic mass is 10.1. The summed E-state index contributed by atoms with van der Waals surface area (Å²) < 4.78 is 50.5. The molecule has 0 amide bonds. The minimum Gasteiger partial charge on any atom is -0.443 e. The highest BCUT2D eigenvalue weighted by Gasteiger charge is 2.31. The Morgan fingerprint density at radius 3 is 2.70 bits per heavy atom. The Balaban J connectivity index is 1.35. The van der Waals surface area contributed by atoms with Crippen LogP contribution in [0.4, 0.5) is 19.0 Å². The minimum absolute atomic E-state index is 0.168. The summed E-state index contributed by atoms with van der Waals surface area (Å²) in [7, 11) is 0. The minimum atomic E-state index is -4.43. The summed E-state index contributed by atoms with van der Waals surface area (Å²) in [6.07, 6.45) is -1.21. The van der Waals surface area contributed by atoms with Crippen LogP contribution < -0.4 is 4.74 Å². The number of fused-ring (bicyclic) bond motifs is 1. The first-order valence-electron chi connectivity index (χ1n) is 8.74. The van der Waals surface area contributed by atoms with Crippen LogP contribution in [0.3, 0.4) is 0 Å². The van der Waals surface area contributed by atoms with Gasteiger partial charge in [-0.15, -0.1) is 0 Å². The van der Waals surface area contributed by atoms with Crippen molar-refractivity contribution in [1.82, 2.24) is 19.5 Å². The molecule has 0 radical (unpaired) electrons. The second kappa shape index (κ2) is 7.71. The number of ether oxygens (including phenoxy) is 2. The third-order valence-corrected chi connectivity index (χ3v) is 4.39. The van der Waals surface area contributed by atoms with Crippen molar-refractivity contribution in [2.75, 3.05) is 6.61 Å². The van der Waals surface area contributed by atoms with Gasteiger partial charge in [0.1, 0.15) is 18.9 Å². The van der Waals surface area contributed by atoms with Crippen molar-refractivity contribution >= 4 is 5.82 Å². The summed E-state index contributed by atoms with van der Waals surface area (Å²) >= 11 is 0. The lowest BCUT2D eigenvalue weighted by molar-refractivity contribution is -0.389. The van der Waals surface area contributed by atoms with Crippen LogP contribution in [0.15, 0.2) is 42.9 Å². The number of nitro groups is 1. The summed E-state index contributed by atoms with van der Waals surface area (Å²) in [4.78, 5) is 22.0. The summed E-state index contributed by atoms with van der Waals surface area (Å²) in [6.45, 7) is 0.715. The highest BCUT2D eigenvalue weighted by molar-refractivity contribution is 5.57. The van der Waals surface area contributed by atoms with Crippen LogP contribution in [0.5, 0.6) is 6.01 Å². The molecule has 0 saturated carbocycles. The summed E-state index contributed by atoms with van der Waals surface area (Å²) in [5.41, 5.74) is 0.736. The molecule has 0 saturated heterocycles. The van der Waals surface area contributed by atoms with E-state index in [4.69, 9.17) is 9.47 Å². The fourth-order valence-electron chi connectivity index (χ4n) is 2.86. The summed E-state index contributed by atoms with van der Waals surface area (Å²) in [5, 5.41) is 10.8. The van der Waals surface area contributed by atoms with E-state index in [-0.39, 0.29) is 31.1 Å². The standard InChI is InChI=1S/C18H14F3N5O4/c19-18(20,21)12-2-4-15(23-6-12)11-1-3-13(22-5-11)9-29-14-7-25-8-16(26(27)28)24-17(25)30-10-14/h1-6,8,14H,7,9-10H2/t14-/m0/s1. The number of imidazole rings is 1. The molecule has 3 aromatic rings. The van der Waals surface area contributed by atoms with Gasteiger partial charge in [0.15, 0.2) is 0 Å². The number of alkyl halides is 3. The smallest absolute Gasteiger partial charge is 0.417 e. The van der Waals surface area contributed by atoms with Crippen LogP contribution in [0.1, 0.15) is 11.3 Å². The number of aromatic nitrogens is 4. The maximum atomic E-state index is 12.6. The fourth-order valence-corrected chi connectivity index (χ4v) is 2.86. The Kier molecular flexibility index (Phi) is 5.08. The normalized spacial score (nSPS) is 16.0. The average Bonchev–Trinajstić information content (AvgIpc) is 3.16. The van der Waals surface area contributed by atoms with Gasteiger partial charge in [-0.3, -0.25) is 14.5 Å². The van der Waals surface area contributed by atoms with E-state index in [1.54, 1.807) is 12.1 Å². The van der Waals surface area contributed by atoms with Crippen LogP contribution in [-0.2, 0) is 24.1 Å². The molecule has 3 aromatic heterocycles. The van der Waals surface area contributed by atoms with Gasteiger partial charge in [0.25, 0.3) is 0 Å². The number of rotatable bonds is 5. The van der Waals surface area contributed by atoms with Gasteiger partial charge in [0.05, 0.1) is 30.1 Å².